The van der Waals surface area contributed by atoms with Crippen molar-refractivity contribution in [3.63, 3.8) is 0 Å². The fourth-order valence-electron chi connectivity index (χ4n) is 1.94. The lowest BCUT2D eigenvalue weighted by atomic mass is 10.1. The molecule has 1 aliphatic carbocycles. The van der Waals surface area contributed by atoms with Gasteiger partial charge in [0.25, 0.3) is 0 Å². The molecule has 2 N–H and O–H groups in total. The van der Waals surface area contributed by atoms with E-state index in [-0.39, 0.29) is 11.3 Å². The summed E-state index contributed by atoms with van der Waals surface area (Å²) >= 11 is 6.04. The molecule has 78 valence electrons. The van der Waals surface area contributed by atoms with Crippen LogP contribution in [0.3, 0.4) is 0 Å². The van der Waals surface area contributed by atoms with Crippen molar-refractivity contribution in [1.82, 2.24) is 0 Å². The molecule has 0 saturated heterocycles. The van der Waals surface area contributed by atoms with Gasteiger partial charge in [-0.15, -0.1) is 0 Å². The van der Waals surface area contributed by atoms with Gasteiger partial charge in [0.2, 0.25) is 5.91 Å². The van der Waals surface area contributed by atoms with Gasteiger partial charge in [0, 0.05) is 6.54 Å². The normalized spacial score (nSPS) is 21.3. The third-order valence-electron chi connectivity index (χ3n) is 3.20. The van der Waals surface area contributed by atoms with Gasteiger partial charge in [-0.1, -0.05) is 17.7 Å². The van der Waals surface area contributed by atoms with Gasteiger partial charge in [0.05, 0.1) is 21.8 Å². The summed E-state index contributed by atoms with van der Waals surface area (Å²) in [6, 6.07) is 5.60. The van der Waals surface area contributed by atoms with Gasteiger partial charge in [-0.2, -0.15) is 0 Å². The van der Waals surface area contributed by atoms with Crippen molar-refractivity contribution in [2.45, 2.75) is 12.8 Å². The highest BCUT2D eigenvalue weighted by Crippen LogP contribution is 2.49. The van der Waals surface area contributed by atoms with Gasteiger partial charge < -0.3 is 10.6 Å². The predicted octanol–water partition coefficient (Wildman–Crippen LogP) is 2.48. The number of hydrogen-bond acceptors (Lipinski definition) is 2. The van der Waals surface area contributed by atoms with E-state index in [2.05, 4.69) is 10.6 Å². The monoisotopic (exact) mass is 222 g/mol. The lowest BCUT2D eigenvalue weighted by molar-refractivity contribution is -0.120. The molecular weight excluding hydrogens is 212 g/mol. The van der Waals surface area contributed by atoms with E-state index in [4.69, 9.17) is 11.6 Å². The van der Waals surface area contributed by atoms with Crippen molar-refractivity contribution in [3.05, 3.63) is 23.2 Å². The van der Waals surface area contributed by atoms with Crippen LogP contribution in [-0.4, -0.2) is 12.5 Å². The minimum absolute atomic E-state index is 0.0989. The van der Waals surface area contributed by atoms with Crippen LogP contribution in [-0.2, 0) is 4.79 Å². The molecule has 1 spiro atoms. The van der Waals surface area contributed by atoms with Crippen molar-refractivity contribution in [3.8, 4) is 0 Å². The van der Waals surface area contributed by atoms with Gasteiger partial charge in [0.15, 0.2) is 0 Å². The molecule has 1 saturated carbocycles. The molecule has 1 aromatic carbocycles. The Labute approximate surface area is 92.8 Å². The van der Waals surface area contributed by atoms with Gasteiger partial charge in [-0.05, 0) is 25.0 Å². The van der Waals surface area contributed by atoms with Crippen LogP contribution in [0.1, 0.15) is 12.8 Å². The first kappa shape index (κ1) is 9.04. The second-order valence-corrected chi connectivity index (χ2v) is 4.66. The van der Waals surface area contributed by atoms with E-state index in [0.717, 1.165) is 18.5 Å². The summed E-state index contributed by atoms with van der Waals surface area (Å²) in [4.78, 5) is 11.9. The number of rotatable bonds is 0. The zero-order valence-electron chi connectivity index (χ0n) is 8.14. The van der Waals surface area contributed by atoms with Crippen molar-refractivity contribution in [2.75, 3.05) is 17.2 Å². The topological polar surface area (TPSA) is 41.1 Å². The number of halogens is 1. The van der Waals surface area contributed by atoms with Crippen molar-refractivity contribution in [2.24, 2.45) is 5.41 Å². The summed E-state index contributed by atoms with van der Waals surface area (Å²) in [5, 5.41) is 6.78. The fraction of sp³-hybridized carbons (Fsp3) is 0.364. The maximum Gasteiger partial charge on any atom is 0.232 e. The molecule has 3 rings (SSSR count). The van der Waals surface area contributed by atoms with Gasteiger partial charge in [0.1, 0.15) is 0 Å². The van der Waals surface area contributed by atoms with E-state index in [1.807, 2.05) is 12.1 Å². The van der Waals surface area contributed by atoms with Gasteiger partial charge >= 0.3 is 0 Å². The van der Waals surface area contributed by atoms with Crippen LogP contribution in [0.15, 0.2) is 18.2 Å². The highest BCUT2D eigenvalue weighted by Gasteiger charge is 2.50. The smallest absolute Gasteiger partial charge is 0.232 e. The molecule has 0 radical (unpaired) electrons. The number of benzene rings is 1. The Bertz CT molecular complexity index is 440. The zero-order chi connectivity index (χ0) is 10.5. The fourth-order valence-corrected chi connectivity index (χ4v) is 2.17. The molecular formula is C11H11ClN2O. The molecule has 1 heterocycles. The van der Waals surface area contributed by atoms with E-state index in [1.165, 1.54) is 0 Å². The molecule has 0 unspecified atom stereocenters. The number of hydrogen-bond donors (Lipinski definition) is 2. The molecule has 0 aromatic heterocycles. The summed E-state index contributed by atoms with van der Waals surface area (Å²) in [7, 11) is 0. The summed E-state index contributed by atoms with van der Waals surface area (Å²) in [6.07, 6.45) is 1.94. The second kappa shape index (κ2) is 2.89. The molecule has 1 fully saturated rings. The number of carbonyl (C=O) groups excluding carboxylic acids is 1. The first-order chi connectivity index (χ1) is 7.21. The zero-order valence-corrected chi connectivity index (χ0v) is 8.90. The van der Waals surface area contributed by atoms with Crippen molar-refractivity contribution >= 4 is 28.9 Å². The minimum atomic E-state index is -0.178. The van der Waals surface area contributed by atoms with Gasteiger partial charge in [-0.3, -0.25) is 4.79 Å². The van der Waals surface area contributed by atoms with E-state index < -0.39 is 0 Å². The van der Waals surface area contributed by atoms with E-state index in [9.17, 15) is 4.79 Å². The van der Waals surface area contributed by atoms with Crippen LogP contribution in [0.2, 0.25) is 5.02 Å². The average Bonchev–Trinajstić information content (AvgIpc) is 3.00. The molecule has 1 aromatic rings. The summed E-state index contributed by atoms with van der Waals surface area (Å²) in [6.45, 7) is 0.714. The Morgan fingerprint density at radius 3 is 2.87 bits per heavy atom. The Balaban J connectivity index is 2.04. The van der Waals surface area contributed by atoms with Crippen LogP contribution in [0.25, 0.3) is 0 Å². The number of fused-ring (bicyclic) bond motifs is 1. The van der Waals surface area contributed by atoms with Gasteiger partial charge in [-0.25, -0.2) is 0 Å². The Kier molecular flexibility index (Phi) is 1.74. The third kappa shape index (κ3) is 1.30. The average molecular weight is 223 g/mol. The largest absolute Gasteiger partial charge is 0.382 e. The van der Waals surface area contributed by atoms with Crippen molar-refractivity contribution in [1.29, 1.82) is 0 Å². The molecule has 4 heteroatoms. The predicted molar refractivity (Wildman–Crippen MR) is 60.2 cm³/mol. The van der Waals surface area contributed by atoms with Crippen LogP contribution in [0.5, 0.6) is 0 Å². The number of anilines is 2. The standard InChI is InChI=1S/C11H11ClN2O/c12-7-2-1-3-8-9(7)14-10(15)11(4-5-11)6-13-8/h1-3,13H,4-6H2,(H,14,15). The van der Waals surface area contributed by atoms with Crippen LogP contribution < -0.4 is 10.6 Å². The first-order valence-electron chi connectivity index (χ1n) is 5.05. The Hall–Kier alpha value is -1.22. The van der Waals surface area contributed by atoms with E-state index in [0.29, 0.717) is 17.3 Å². The number of para-hydroxylation sites is 1. The summed E-state index contributed by atoms with van der Waals surface area (Å²) < 4.78 is 0. The summed E-state index contributed by atoms with van der Waals surface area (Å²) in [5.74, 6) is 0.0989. The summed E-state index contributed by atoms with van der Waals surface area (Å²) in [5.41, 5.74) is 1.45. The third-order valence-corrected chi connectivity index (χ3v) is 3.52. The molecule has 1 aliphatic heterocycles. The van der Waals surface area contributed by atoms with Crippen LogP contribution in [0.4, 0.5) is 11.4 Å². The molecule has 0 bridgehead atoms. The maximum absolute atomic E-state index is 11.9. The second-order valence-electron chi connectivity index (χ2n) is 4.25. The lowest BCUT2D eigenvalue weighted by Gasteiger charge is -2.09. The highest BCUT2D eigenvalue weighted by atomic mass is 35.5. The number of carbonyl (C=O) groups is 1. The maximum atomic E-state index is 11.9. The highest BCUT2D eigenvalue weighted by molar-refractivity contribution is 6.34. The lowest BCUT2D eigenvalue weighted by Crippen LogP contribution is -2.27. The Morgan fingerprint density at radius 1 is 1.33 bits per heavy atom. The number of nitrogens with one attached hydrogen (secondary N) is 2. The van der Waals surface area contributed by atoms with Crippen molar-refractivity contribution < 1.29 is 4.79 Å². The quantitative estimate of drug-likeness (QED) is 0.708. The van der Waals surface area contributed by atoms with Crippen LogP contribution in [0, 0.1) is 5.41 Å². The molecule has 3 nitrogen and oxygen atoms in total. The minimum Gasteiger partial charge on any atom is -0.382 e. The molecule has 0 atom stereocenters. The Morgan fingerprint density at radius 2 is 2.13 bits per heavy atom. The first-order valence-corrected chi connectivity index (χ1v) is 5.43. The SMILES string of the molecule is O=C1Nc2c(Cl)cccc2NCC12CC2. The van der Waals surface area contributed by atoms with E-state index in [1.54, 1.807) is 6.07 Å². The van der Waals surface area contributed by atoms with E-state index >= 15 is 0 Å². The molecule has 2 aliphatic rings. The van der Waals surface area contributed by atoms with Crippen LogP contribution >= 0.6 is 11.6 Å². The molecule has 15 heavy (non-hydrogen) atoms. The molecule has 1 amide bonds. The number of amides is 1.